The SMILES string of the molecule is Cc1ccsc1CNc1cccc([N+](=O)[O-])c1. The molecule has 1 aromatic carbocycles. The molecule has 17 heavy (non-hydrogen) atoms. The smallest absolute Gasteiger partial charge is 0.271 e. The van der Waals surface area contributed by atoms with Crippen molar-refractivity contribution < 1.29 is 4.92 Å². The second-order valence-electron chi connectivity index (χ2n) is 3.69. The summed E-state index contributed by atoms with van der Waals surface area (Å²) in [6, 6.07) is 8.61. The number of nitrogens with one attached hydrogen (secondary N) is 1. The van der Waals surface area contributed by atoms with Crippen LogP contribution in [0.5, 0.6) is 0 Å². The van der Waals surface area contributed by atoms with E-state index in [0.717, 1.165) is 5.69 Å². The number of non-ortho nitro benzene ring substituents is 1. The highest BCUT2D eigenvalue weighted by Crippen LogP contribution is 2.20. The molecule has 0 aliphatic carbocycles. The predicted molar refractivity (Wildman–Crippen MR) is 69.5 cm³/mol. The van der Waals surface area contributed by atoms with Gasteiger partial charge in [-0.25, -0.2) is 0 Å². The van der Waals surface area contributed by atoms with Crippen LogP contribution in [0.25, 0.3) is 0 Å². The van der Waals surface area contributed by atoms with Gasteiger partial charge in [0.2, 0.25) is 0 Å². The van der Waals surface area contributed by atoms with Crippen LogP contribution in [0.4, 0.5) is 11.4 Å². The van der Waals surface area contributed by atoms with Crippen molar-refractivity contribution in [2.24, 2.45) is 0 Å². The number of anilines is 1. The van der Waals surface area contributed by atoms with Gasteiger partial charge >= 0.3 is 0 Å². The number of nitro benzene ring substituents is 1. The Balaban J connectivity index is 2.07. The molecule has 0 saturated heterocycles. The van der Waals surface area contributed by atoms with E-state index in [4.69, 9.17) is 0 Å². The van der Waals surface area contributed by atoms with Gasteiger partial charge in [-0.05, 0) is 30.0 Å². The van der Waals surface area contributed by atoms with Crippen molar-refractivity contribution in [3.8, 4) is 0 Å². The van der Waals surface area contributed by atoms with Crippen LogP contribution in [0.2, 0.25) is 0 Å². The van der Waals surface area contributed by atoms with E-state index < -0.39 is 0 Å². The molecule has 2 aromatic rings. The molecule has 1 heterocycles. The topological polar surface area (TPSA) is 55.2 Å². The van der Waals surface area contributed by atoms with Gasteiger partial charge in [-0.2, -0.15) is 0 Å². The average molecular weight is 248 g/mol. The lowest BCUT2D eigenvalue weighted by atomic mass is 10.2. The molecule has 0 amide bonds. The first kappa shape index (κ1) is 11.6. The zero-order chi connectivity index (χ0) is 12.3. The van der Waals surface area contributed by atoms with Gasteiger partial charge in [0.1, 0.15) is 0 Å². The Morgan fingerprint density at radius 3 is 2.88 bits per heavy atom. The van der Waals surface area contributed by atoms with Gasteiger partial charge in [0, 0.05) is 29.2 Å². The average Bonchev–Trinajstić information content (AvgIpc) is 2.72. The highest BCUT2D eigenvalue weighted by molar-refractivity contribution is 7.10. The van der Waals surface area contributed by atoms with Crippen LogP contribution in [-0.4, -0.2) is 4.92 Å². The van der Waals surface area contributed by atoms with Gasteiger partial charge in [-0.15, -0.1) is 11.3 Å². The van der Waals surface area contributed by atoms with Crippen LogP contribution in [0.15, 0.2) is 35.7 Å². The molecular weight excluding hydrogens is 236 g/mol. The van der Waals surface area contributed by atoms with Crippen LogP contribution >= 0.6 is 11.3 Å². The van der Waals surface area contributed by atoms with E-state index in [9.17, 15) is 10.1 Å². The summed E-state index contributed by atoms with van der Waals surface area (Å²) in [6.45, 7) is 2.76. The number of nitro groups is 1. The van der Waals surface area contributed by atoms with Crippen molar-refractivity contribution >= 4 is 22.7 Å². The van der Waals surface area contributed by atoms with Crippen molar-refractivity contribution in [1.82, 2.24) is 0 Å². The van der Waals surface area contributed by atoms with E-state index in [1.165, 1.54) is 16.5 Å². The first-order chi connectivity index (χ1) is 8.16. The van der Waals surface area contributed by atoms with Gasteiger partial charge in [0.25, 0.3) is 5.69 Å². The highest BCUT2D eigenvalue weighted by atomic mass is 32.1. The summed E-state index contributed by atoms with van der Waals surface area (Å²) in [7, 11) is 0. The number of rotatable bonds is 4. The second kappa shape index (κ2) is 4.97. The van der Waals surface area contributed by atoms with Crippen molar-refractivity contribution in [2.45, 2.75) is 13.5 Å². The summed E-state index contributed by atoms with van der Waals surface area (Å²) in [5.41, 5.74) is 2.12. The van der Waals surface area contributed by atoms with Crippen LogP contribution in [0.1, 0.15) is 10.4 Å². The summed E-state index contributed by atoms with van der Waals surface area (Å²) in [5.74, 6) is 0. The number of hydrogen-bond donors (Lipinski definition) is 1. The number of thiophene rings is 1. The lowest BCUT2D eigenvalue weighted by Crippen LogP contribution is -1.99. The summed E-state index contributed by atoms with van der Waals surface area (Å²) in [4.78, 5) is 11.5. The molecule has 0 fully saturated rings. The van der Waals surface area contributed by atoms with Crippen LogP contribution in [0.3, 0.4) is 0 Å². The van der Waals surface area contributed by atoms with E-state index in [1.807, 2.05) is 11.4 Å². The Hall–Kier alpha value is -1.88. The molecule has 0 spiro atoms. The molecule has 0 saturated carbocycles. The summed E-state index contributed by atoms with van der Waals surface area (Å²) in [6.07, 6.45) is 0. The maximum atomic E-state index is 10.6. The van der Waals surface area contributed by atoms with Crippen molar-refractivity contribution in [3.63, 3.8) is 0 Å². The van der Waals surface area contributed by atoms with E-state index in [-0.39, 0.29) is 10.6 Å². The largest absolute Gasteiger partial charge is 0.380 e. The number of aryl methyl sites for hydroxylation is 1. The van der Waals surface area contributed by atoms with Gasteiger partial charge in [-0.3, -0.25) is 10.1 Å². The molecular formula is C12H12N2O2S. The zero-order valence-electron chi connectivity index (χ0n) is 9.34. The van der Waals surface area contributed by atoms with Crippen molar-refractivity contribution in [1.29, 1.82) is 0 Å². The normalized spacial score (nSPS) is 10.2. The second-order valence-corrected chi connectivity index (χ2v) is 4.69. The molecule has 0 aliphatic rings. The fraction of sp³-hybridized carbons (Fsp3) is 0.167. The maximum Gasteiger partial charge on any atom is 0.271 e. The van der Waals surface area contributed by atoms with E-state index in [1.54, 1.807) is 23.5 Å². The minimum Gasteiger partial charge on any atom is -0.380 e. The highest BCUT2D eigenvalue weighted by Gasteiger charge is 2.05. The standard InChI is InChI=1S/C12H12N2O2S/c1-9-5-6-17-12(9)8-13-10-3-2-4-11(7-10)14(15)16/h2-7,13H,8H2,1H3. The molecule has 1 aromatic heterocycles. The Morgan fingerprint density at radius 1 is 1.41 bits per heavy atom. The van der Waals surface area contributed by atoms with E-state index in [0.29, 0.717) is 6.54 Å². The quantitative estimate of drug-likeness (QED) is 0.664. The first-order valence-electron chi connectivity index (χ1n) is 5.18. The Bertz CT molecular complexity index is 537. The fourth-order valence-corrected chi connectivity index (χ4v) is 2.34. The molecule has 0 atom stereocenters. The van der Waals surface area contributed by atoms with E-state index >= 15 is 0 Å². The summed E-state index contributed by atoms with van der Waals surface area (Å²) in [5, 5.41) is 15.9. The molecule has 2 rings (SSSR count). The predicted octanol–water partition coefficient (Wildman–Crippen LogP) is 3.58. The van der Waals surface area contributed by atoms with Crippen molar-refractivity contribution in [2.75, 3.05) is 5.32 Å². The third kappa shape index (κ3) is 2.82. The Morgan fingerprint density at radius 2 is 2.24 bits per heavy atom. The molecule has 0 radical (unpaired) electrons. The lowest BCUT2D eigenvalue weighted by Gasteiger charge is -2.05. The van der Waals surface area contributed by atoms with Crippen LogP contribution in [-0.2, 0) is 6.54 Å². The third-order valence-corrected chi connectivity index (χ3v) is 3.50. The number of benzene rings is 1. The molecule has 0 unspecified atom stereocenters. The summed E-state index contributed by atoms with van der Waals surface area (Å²) < 4.78 is 0. The maximum absolute atomic E-state index is 10.6. The minimum atomic E-state index is -0.387. The van der Waals surface area contributed by atoms with E-state index in [2.05, 4.69) is 18.3 Å². The number of hydrogen-bond acceptors (Lipinski definition) is 4. The Kier molecular flexibility index (Phi) is 3.39. The molecule has 4 nitrogen and oxygen atoms in total. The third-order valence-electron chi connectivity index (χ3n) is 2.48. The lowest BCUT2D eigenvalue weighted by molar-refractivity contribution is -0.384. The van der Waals surface area contributed by atoms with Crippen LogP contribution < -0.4 is 5.32 Å². The van der Waals surface area contributed by atoms with Gasteiger partial charge in [0.05, 0.1) is 4.92 Å². The van der Waals surface area contributed by atoms with Gasteiger partial charge in [0.15, 0.2) is 0 Å². The summed E-state index contributed by atoms with van der Waals surface area (Å²) >= 11 is 1.68. The minimum absolute atomic E-state index is 0.109. The van der Waals surface area contributed by atoms with Crippen molar-refractivity contribution in [3.05, 3.63) is 56.3 Å². The Labute approximate surface area is 103 Å². The monoisotopic (exact) mass is 248 g/mol. The molecule has 1 N–H and O–H groups in total. The zero-order valence-corrected chi connectivity index (χ0v) is 10.2. The fourth-order valence-electron chi connectivity index (χ4n) is 1.50. The van der Waals surface area contributed by atoms with Gasteiger partial charge < -0.3 is 5.32 Å². The first-order valence-corrected chi connectivity index (χ1v) is 6.06. The molecule has 5 heteroatoms. The van der Waals surface area contributed by atoms with Crippen LogP contribution in [0, 0.1) is 17.0 Å². The van der Waals surface area contributed by atoms with Gasteiger partial charge in [-0.1, -0.05) is 6.07 Å². The number of nitrogens with zero attached hydrogens (tertiary/aromatic N) is 1. The molecule has 0 aliphatic heterocycles. The molecule has 88 valence electrons. The molecule has 0 bridgehead atoms.